The molecule has 0 saturated carbocycles. The molecule has 0 aromatic heterocycles. The Morgan fingerprint density at radius 2 is 2.16 bits per heavy atom. The van der Waals surface area contributed by atoms with E-state index in [9.17, 15) is 9.59 Å². The summed E-state index contributed by atoms with van der Waals surface area (Å²) in [5.74, 6) is -0.273. The number of hydrogen-bond acceptors (Lipinski definition) is 3. The maximum absolute atomic E-state index is 12.5. The fraction of sp³-hybridized carbons (Fsp3) is 0.429. The molecule has 1 saturated heterocycles. The molecule has 0 spiro atoms. The number of amides is 2. The van der Waals surface area contributed by atoms with Crippen molar-refractivity contribution in [3.05, 3.63) is 24.3 Å². The standard InChI is InChI=1S/C14H16N2O3/c17-13-9-16(11-6-2-1-5-10(11)15-13)14(18)12-7-3-4-8-19-12/h1-2,5-6,12H,3-4,7-9H2,(H,15,17). The van der Waals surface area contributed by atoms with Crippen molar-refractivity contribution in [1.29, 1.82) is 0 Å². The zero-order valence-electron chi connectivity index (χ0n) is 10.6. The van der Waals surface area contributed by atoms with E-state index < -0.39 is 6.10 Å². The molecule has 5 heteroatoms. The second kappa shape index (κ2) is 5.01. The molecule has 0 bridgehead atoms. The highest BCUT2D eigenvalue weighted by atomic mass is 16.5. The Balaban J connectivity index is 1.87. The highest BCUT2D eigenvalue weighted by molar-refractivity contribution is 6.10. The molecule has 0 aliphatic carbocycles. The van der Waals surface area contributed by atoms with Crippen molar-refractivity contribution in [2.75, 3.05) is 23.4 Å². The summed E-state index contributed by atoms with van der Waals surface area (Å²) in [5.41, 5.74) is 1.43. The summed E-state index contributed by atoms with van der Waals surface area (Å²) in [4.78, 5) is 25.7. The van der Waals surface area contributed by atoms with Crippen molar-refractivity contribution in [2.24, 2.45) is 0 Å². The van der Waals surface area contributed by atoms with E-state index in [4.69, 9.17) is 4.74 Å². The van der Waals surface area contributed by atoms with Gasteiger partial charge in [-0.3, -0.25) is 14.5 Å². The summed E-state index contributed by atoms with van der Waals surface area (Å²) in [6.45, 7) is 0.688. The average molecular weight is 260 g/mol. The topological polar surface area (TPSA) is 58.6 Å². The van der Waals surface area contributed by atoms with Gasteiger partial charge < -0.3 is 10.1 Å². The third-order valence-electron chi connectivity index (χ3n) is 3.49. The van der Waals surface area contributed by atoms with E-state index in [1.165, 1.54) is 4.90 Å². The quantitative estimate of drug-likeness (QED) is 0.833. The maximum atomic E-state index is 12.5. The number of carbonyl (C=O) groups excluding carboxylic acids is 2. The number of benzene rings is 1. The summed E-state index contributed by atoms with van der Waals surface area (Å²) in [6.07, 6.45) is 2.32. The fourth-order valence-corrected chi connectivity index (χ4v) is 2.54. The van der Waals surface area contributed by atoms with Crippen LogP contribution in [0.4, 0.5) is 11.4 Å². The van der Waals surface area contributed by atoms with Gasteiger partial charge in [-0.1, -0.05) is 12.1 Å². The Morgan fingerprint density at radius 1 is 1.32 bits per heavy atom. The van der Waals surface area contributed by atoms with Gasteiger partial charge in [0.2, 0.25) is 5.91 Å². The largest absolute Gasteiger partial charge is 0.368 e. The predicted molar refractivity (Wildman–Crippen MR) is 71.0 cm³/mol. The SMILES string of the molecule is O=C1CN(C(=O)C2CCCCO2)c2ccccc2N1. The monoisotopic (exact) mass is 260 g/mol. The maximum Gasteiger partial charge on any atom is 0.256 e. The lowest BCUT2D eigenvalue weighted by Gasteiger charge is -2.33. The highest BCUT2D eigenvalue weighted by Crippen LogP contribution is 2.30. The number of nitrogens with zero attached hydrogens (tertiary/aromatic N) is 1. The number of nitrogens with one attached hydrogen (secondary N) is 1. The summed E-state index contributed by atoms with van der Waals surface area (Å²) < 4.78 is 5.52. The molecular formula is C14H16N2O3. The lowest BCUT2D eigenvalue weighted by atomic mass is 10.1. The second-order valence-electron chi connectivity index (χ2n) is 4.84. The Labute approximate surface area is 111 Å². The molecule has 100 valence electrons. The molecule has 1 N–H and O–H groups in total. The van der Waals surface area contributed by atoms with Crippen molar-refractivity contribution < 1.29 is 14.3 Å². The van der Waals surface area contributed by atoms with Crippen LogP contribution in [0.1, 0.15) is 19.3 Å². The number of hydrogen-bond donors (Lipinski definition) is 1. The fourth-order valence-electron chi connectivity index (χ4n) is 2.54. The van der Waals surface area contributed by atoms with Crippen molar-refractivity contribution in [2.45, 2.75) is 25.4 Å². The average Bonchev–Trinajstić information content (AvgIpc) is 2.46. The van der Waals surface area contributed by atoms with Gasteiger partial charge in [-0.05, 0) is 31.4 Å². The first-order chi connectivity index (χ1) is 9.25. The van der Waals surface area contributed by atoms with Gasteiger partial charge in [-0.2, -0.15) is 0 Å². The minimum absolute atomic E-state index is 0.0652. The van der Waals surface area contributed by atoms with E-state index in [1.807, 2.05) is 18.2 Å². The van der Waals surface area contributed by atoms with Crippen LogP contribution >= 0.6 is 0 Å². The van der Waals surface area contributed by atoms with Crippen LogP contribution in [-0.2, 0) is 14.3 Å². The summed E-state index contributed by atoms with van der Waals surface area (Å²) in [6, 6.07) is 7.34. The third kappa shape index (κ3) is 2.33. The number of rotatable bonds is 1. The van der Waals surface area contributed by atoms with Crippen molar-refractivity contribution in [1.82, 2.24) is 0 Å². The molecule has 1 fully saturated rings. The number of ether oxygens (including phenoxy) is 1. The Morgan fingerprint density at radius 3 is 2.95 bits per heavy atom. The van der Waals surface area contributed by atoms with Crippen LogP contribution in [0.5, 0.6) is 0 Å². The van der Waals surface area contributed by atoms with Crippen LogP contribution < -0.4 is 10.2 Å². The van der Waals surface area contributed by atoms with E-state index in [-0.39, 0.29) is 18.4 Å². The van der Waals surface area contributed by atoms with Crippen molar-refractivity contribution >= 4 is 23.2 Å². The molecule has 2 aliphatic heterocycles. The van der Waals surface area contributed by atoms with Gasteiger partial charge in [-0.15, -0.1) is 0 Å². The molecule has 5 nitrogen and oxygen atoms in total. The zero-order valence-corrected chi connectivity index (χ0v) is 10.6. The first kappa shape index (κ1) is 12.2. The van der Waals surface area contributed by atoms with E-state index >= 15 is 0 Å². The van der Waals surface area contributed by atoms with Gasteiger partial charge in [0.15, 0.2) is 0 Å². The number of anilines is 2. The summed E-state index contributed by atoms with van der Waals surface area (Å²) in [5, 5.41) is 2.77. The van der Waals surface area contributed by atoms with Crippen LogP contribution in [-0.4, -0.2) is 31.1 Å². The first-order valence-corrected chi connectivity index (χ1v) is 6.57. The Hall–Kier alpha value is -1.88. The molecule has 1 aromatic carbocycles. The highest BCUT2D eigenvalue weighted by Gasteiger charge is 2.32. The molecule has 2 heterocycles. The minimum Gasteiger partial charge on any atom is -0.368 e. The summed E-state index contributed by atoms with van der Waals surface area (Å²) >= 11 is 0. The molecule has 19 heavy (non-hydrogen) atoms. The minimum atomic E-state index is -0.410. The van der Waals surface area contributed by atoms with Gasteiger partial charge >= 0.3 is 0 Å². The predicted octanol–water partition coefficient (Wildman–Crippen LogP) is 1.54. The number of carbonyl (C=O) groups is 2. The van der Waals surface area contributed by atoms with Gasteiger partial charge in [0.05, 0.1) is 11.4 Å². The smallest absolute Gasteiger partial charge is 0.256 e. The normalized spacial score (nSPS) is 22.6. The van der Waals surface area contributed by atoms with Crippen LogP contribution in [0.2, 0.25) is 0 Å². The number of fused-ring (bicyclic) bond motifs is 1. The molecule has 1 unspecified atom stereocenters. The number of para-hydroxylation sites is 2. The Kier molecular flexibility index (Phi) is 3.21. The molecule has 1 atom stereocenters. The lowest BCUT2D eigenvalue weighted by Crippen LogP contribution is -2.48. The van der Waals surface area contributed by atoms with Gasteiger partial charge in [0.25, 0.3) is 5.91 Å². The van der Waals surface area contributed by atoms with Gasteiger partial charge in [-0.25, -0.2) is 0 Å². The molecule has 1 aromatic rings. The van der Waals surface area contributed by atoms with E-state index in [0.29, 0.717) is 12.3 Å². The molecular weight excluding hydrogens is 244 g/mol. The van der Waals surface area contributed by atoms with Crippen molar-refractivity contribution in [3.63, 3.8) is 0 Å². The van der Waals surface area contributed by atoms with E-state index in [2.05, 4.69) is 5.32 Å². The molecule has 2 aliphatic rings. The third-order valence-corrected chi connectivity index (χ3v) is 3.49. The Bertz CT molecular complexity index is 509. The molecule has 3 rings (SSSR count). The van der Waals surface area contributed by atoms with Crippen LogP contribution in [0, 0.1) is 0 Å². The zero-order chi connectivity index (χ0) is 13.2. The van der Waals surface area contributed by atoms with E-state index in [1.54, 1.807) is 6.07 Å². The van der Waals surface area contributed by atoms with Crippen LogP contribution in [0.15, 0.2) is 24.3 Å². The van der Waals surface area contributed by atoms with Crippen LogP contribution in [0.25, 0.3) is 0 Å². The van der Waals surface area contributed by atoms with Gasteiger partial charge in [0.1, 0.15) is 12.6 Å². The van der Waals surface area contributed by atoms with Gasteiger partial charge in [0, 0.05) is 6.61 Å². The van der Waals surface area contributed by atoms with E-state index in [0.717, 1.165) is 24.9 Å². The lowest BCUT2D eigenvalue weighted by molar-refractivity contribution is -0.133. The first-order valence-electron chi connectivity index (χ1n) is 6.57. The molecule has 2 amide bonds. The second-order valence-corrected chi connectivity index (χ2v) is 4.84. The van der Waals surface area contributed by atoms with Crippen molar-refractivity contribution in [3.8, 4) is 0 Å². The van der Waals surface area contributed by atoms with Crippen LogP contribution in [0.3, 0.4) is 0 Å². The molecule has 0 radical (unpaired) electrons. The summed E-state index contributed by atoms with van der Waals surface area (Å²) in [7, 11) is 0.